The predicted molar refractivity (Wildman–Crippen MR) is 73.7 cm³/mol. The van der Waals surface area contributed by atoms with Gasteiger partial charge in [-0.05, 0) is 34.9 Å². The first-order valence-corrected chi connectivity index (χ1v) is 7.65. The lowest BCUT2D eigenvalue weighted by atomic mass is 9.81. The molecule has 0 unspecified atom stereocenters. The van der Waals surface area contributed by atoms with E-state index >= 15 is 0 Å². The highest BCUT2D eigenvalue weighted by atomic mass is 32.2. The topological polar surface area (TPSA) is 54.4 Å². The molecule has 0 aliphatic rings. The molecule has 102 valence electrons. The van der Waals surface area contributed by atoms with Gasteiger partial charge in [0.15, 0.2) is 0 Å². The molecule has 1 aromatic carbocycles. The molecule has 0 radical (unpaired) electrons. The van der Waals surface area contributed by atoms with Gasteiger partial charge in [0.2, 0.25) is 0 Å². The number of benzene rings is 1. The molecule has 0 aliphatic carbocycles. The van der Waals surface area contributed by atoms with Crippen LogP contribution in [-0.4, -0.2) is 13.0 Å². The maximum Gasteiger partial charge on any atom is 0.294 e. The van der Waals surface area contributed by atoms with Crippen molar-refractivity contribution in [3.05, 3.63) is 29.3 Å². The normalized spacial score (nSPS) is 13.1. The van der Waals surface area contributed by atoms with E-state index in [0.29, 0.717) is 5.56 Å². The lowest BCUT2D eigenvalue weighted by Gasteiger charge is -2.25. The van der Waals surface area contributed by atoms with Gasteiger partial charge in [-0.3, -0.25) is 4.55 Å². The molecule has 1 N–H and O–H groups in total. The van der Waals surface area contributed by atoms with Crippen molar-refractivity contribution in [3.63, 3.8) is 0 Å². The second kappa shape index (κ2) is 5.02. The van der Waals surface area contributed by atoms with E-state index in [2.05, 4.69) is 20.8 Å². The Kier molecular flexibility index (Phi) is 4.23. The predicted octanol–water partition coefficient (Wildman–Crippen LogP) is 3.74. The number of hydrogen-bond acceptors (Lipinski definition) is 2. The van der Waals surface area contributed by atoms with Gasteiger partial charge < -0.3 is 0 Å². The van der Waals surface area contributed by atoms with Crippen molar-refractivity contribution in [1.82, 2.24) is 0 Å². The quantitative estimate of drug-likeness (QED) is 0.848. The van der Waals surface area contributed by atoms with Crippen LogP contribution in [0.3, 0.4) is 0 Å². The third kappa shape index (κ3) is 3.12. The third-order valence-electron chi connectivity index (χ3n) is 3.58. The Hall–Kier alpha value is -0.870. The summed E-state index contributed by atoms with van der Waals surface area (Å²) in [5, 5.41) is 0. The summed E-state index contributed by atoms with van der Waals surface area (Å²) >= 11 is 0. The maximum absolute atomic E-state index is 11.5. The highest BCUT2D eigenvalue weighted by molar-refractivity contribution is 7.85. The molecule has 0 aliphatic heterocycles. The standard InChI is InChI=1S/C14H22O3S/c1-6-14(4,5)11-7-8-12(10(2)3)13(9-11)18(15,16)17/h7-10H,6H2,1-5H3,(H,15,16,17). The summed E-state index contributed by atoms with van der Waals surface area (Å²) in [7, 11) is -4.17. The van der Waals surface area contributed by atoms with E-state index in [-0.39, 0.29) is 16.2 Å². The first kappa shape index (κ1) is 15.2. The molecule has 0 bridgehead atoms. The number of hydrogen-bond donors (Lipinski definition) is 1. The van der Waals surface area contributed by atoms with Crippen LogP contribution in [0.25, 0.3) is 0 Å². The molecule has 0 heterocycles. The SMILES string of the molecule is CCC(C)(C)c1ccc(C(C)C)c(S(=O)(=O)O)c1. The lowest BCUT2D eigenvalue weighted by Crippen LogP contribution is -2.17. The Morgan fingerprint density at radius 1 is 1.28 bits per heavy atom. The van der Waals surface area contributed by atoms with Gasteiger partial charge in [0.25, 0.3) is 10.1 Å². The third-order valence-corrected chi connectivity index (χ3v) is 4.49. The van der Waals surface area contributed by atoms with Gasteiger partial charge in [0, 0.05) is 0 Å². The lowest BCUT2D eigenvalue weighted by molar-refractivity contribution is 0.478. The van der Waals surface area contributed by atoms with E-state index in [0.717, 1.165) is 12.0 Å². The minimum Gasteiger partial charge on any atom is -0.282 e. The van der Waals surface area contributed by atoms with Crippen LogP contribution in [0.2, 0.25) is 0 Å². The van der Waals surface area contributed by atoms with Crippen molar-refractivity contribution >= 4 is 10.1 Å². The molecule has 0 atom stereocenters. The van der Waals surface area contributed by atoms with Crippen LogP contribution in [0, 0.1) is 0 Å². The van der Waals surface area contributed by atoms with E-state index in [4.69, 9.17) is 0 Å². The molecular weight excluding hydrogens is 248 g/mol. The highest BCUT2D eigenvalue weighted by Crippen LogP contribution is 2.32. The van der Waals surface area contributed by atoms with Crippen molar-refractivity contribution in [2.45, 2.75) is 57.3 Å². The molecule has 0 aromatic heterocycles. The Balaban J connectivity index is 3.50. The monoisotopic (exact) mass is 270 g/mol. The van der Waals surface area contributed by atoms with E-state index in [1.165, 1.54) is 0 Å². The Labute approximate surface area is 110 Å². The van der Waals surface area contributed by atoms with Gasteiger partial charge >= 0.3 is 0 Å². The summed E-state index contributed by atoms with van der Waals surface area (Å²) in [4.78, 5) is 0.0384. The Bertz CT molecular complexity index is 528. The van der Waals surface area contributed by atoms with Crippen LogP contribution in [0.15, 0.2) is 23.1 Å². The van der Waals surface area contributed by atoms with Crippen molar-refractivity contribution in [1.29, 1.82) is 0 Å². The van der Waals surface area contributed by atoms with Gasteiger partial charge in [-0.15, -0.1) is 0 Å². The van der Waals surface area contributed by atoms with Crippen LogP contribution < -0.4 is 0 Å². The summed E-state index contributed by atoms with van der Waals surface area (Å²) in [6.07, 6.45) is 0.902. The first-order valence-electron chi connectivity index (χ1n) is 6.21. The van der Waals surface area contributed by atoms with Gasteiger partial charge in [0.1, 0.15) is 0 Å². The smallest absolute Gasteiger partial charge is 0.282 e. The Morgan fingerprint density at radius 3 is 2.22 bits per heavy atom. The molecule has 0 saturated carbocycles. The molecule has 4 heteroatoms. The fourth-order valence-corrected chi connectivity index (χ4v) is 2.74. The summed E-state index contributed by atoms with van der Waals surface area (Å²) in [5.41, 5.74) is 1.49. The van der Waals surface area contributed by atoms with Crippen molar-refractivity contribution in [2.75, 3.05) is 0 Å². The highest BCUT2D eigenvalue weighted by Gasteiger charge is 2.23. The average Bonchev–Trinajstić information content (AvgIpc) is 2.27. The largest absolute Gasteiger partial charge is 0.294 e. The van der Waals surface area contributed by atoms with Crippen molar-refractivity contribution < 1.29 is 13.0 Å². The van der Waals surface area contributed by atoms with E-state index in [1.54, 1.807) is 12.1 Å². The molecule has 0 saturated heterocycles. The summed E-state index contributed by atoms with van der Waals surface area (Å²) in [5.74, 6) is 0.0562. The first-order chi connectivity index (χ1) is 8.09. The second-order valence-corrected chi connectivity index (χ2v) is 7.01. The molecule has 18 heavy (non-hydrogen) atoms. The molecular formula is C14H22O3S. The van der Waals surface area contributed by atoms with E-state index < -0.39 is 10.1 Å². The molecule has 0 spiro atoms. The zero-order chi connectivity index (χ0) is 14.1. The summed E-state index contributed by atoms with van der Waals surface area (Å²) in [6, 6.07) is 5.36. The van der Waals surface area contributed by atoms with E-state index in [1.807, 2.05) is 19.9 Å². The van der Waals surface area contributed by atoms with Gasteiger partial charge in [-0.1, -0.05) is 46.8 Å². The Morgan fingerprint density at radius 2 is 1.83 bits per heavy atom. The summed E-state index contributed by atoms with van der Waals surface area (Å²) < 4.78 is 32.3. The summed E-state index contributed by atoms with van der Waals surface area (Å²) in [6.45, 7) is 10.0. The van der Waals surface area contributed by atoms with Crippen LogP contribution >= 0.6 is 0 Å². The van der Waals surface area contributed by atoms with Crippen LogP contribution in [0.4, 0.5) is 0 Å². The fraction of sp³-hybridized carbons (Fsp3) is 0.571. The fourth-order valence-electron chi connectivity index (χ4n) is 1.86. The van der Waals surface area contributed by atoms with E-state index in [9.17, 15) is 13.0 Å². The number of rotatable bonds is 4. The minimum atomic E-state index is -4.17. The minimum absolute atomic E-state index is 0.0384. The van der Waals surface area contributed by atoms with Gasteiger partial charge in [-0.2, -0.15) is 8.42 Å². The molecule has 0 fully saturated rings. The van der Waals surface area contributed by atoms with Crippen LogP contribution in [0.5, 0.6) is 0 Å². The molecule has 1 aromatic rings. The molecule has 1 rings (SSSR count). The van der Waals surface area contributed by atoms with Gasteiger partial charge in [0.05, 0.1) is 4.90 Å². The van der Waals surface area contributed by atoms with Gasteiger partial charge in [-0.25, -0.2) is 0 Å². The second-order valence-electron chi connectivity index (χ2n) is 5.62. The molecule has 0 amide bonds. The average molecular weight is 270 g/mol. The van der Waals surface area contributed by atoms with Crippen LogP contribution in [0.1, 0.15) is 58.1 Å². The van der Waals surface area contributed by atoms with Crippen molar-refractivity contribution in [2.24, 2.45) is 0 Å². The maximum atomic E-state index is 11.5. The molecule has 3 nitrogen and oxygen atoms in total. The zero-order valence-corrected chi connectivity index (χ0v) is 12.5. The van der Waals surface area contributed by atoms with Crippen molar-refractivity contribution in [3.8, 4) is 0 Å². The van der Waals surface area contributed by atoms with Crippen LogP contribution in [-0.2, 0) is 15.5 Å². The zero-order valence-electron chi connectivity index (χ0n) is 11.7.